The minimum Gasteiger partial charge on any atom is -0.352 e. The number of benzene rings is 1. The van der Waals surface area contributed by atoms with E-state index in [0.29, 0.717) is 12.6 Å². The number of amides is 2. The van der Waals surface area contributed by atoms with Crippen molar-refractivity contribution in [1.29, 1.82) is 0 Å². The van der Waals surface area contributed by atoms with Crippen LogP contribution in [0.1, 0.15) is 37.8 Å². The van der Waals surface area contributed by atoms with E-state index in [9.17, 15) is 9.59 Å². The minimum absolute atomic E-state index is 0.0926. The molecule has 2 aliphatic rings. The third kappa shape index (κ3) is 4.10. The summed E-state index contributed by atoms with van der Waals surface area (Å²) >= 11 is 0. The van der Waals surface area contributed by atoms with Gasteiger partial charge >= 0.3 is 0 Å². The summed E-state index contributed by atoms with van der Waals surface area (Å²) < 4.78 is 0. The molecule has 23 heavy (non-hydrogen) atoms. The first-order valence-electron chi connectivity index (χ1n) is 8.50. The van der Waals surface area contributed by atoms with Crippen LogP contribution in [0.15, 0.2) is 30.3 Å². The Hall–Kier alpha value is -1.88. The molecule has 2 fully saturated rings. The normalized spacial score (nSPS) is 20.7. The first-order chi connectivity index (χ1) is 11.1. The molecule has 2 amide bonds. The number of rotatable bonds is 4. The van der Waals surface area contributed by atoms with Crippen LogP contribution in [-0.2, 0) is 9.59 Å². The second-order valence-electron chi connectivity index (χ2n) is 6.49. The van der Waals surface area contributed by atoms with E-state index < -0.39 is 0 Å². The van der Waals surface area contributed by atoms with Gasteiger partial charge in [0.2, 0.25) is 11.8 Å². The molecular weight excluding hydrogens is 290 g/mol. The minimum atomic E-state index is -0.260. The molecule has 1 heterocycles. The van der Waals surface area contributed by atoms with Crippen LogP contribution >= 0.6 is 0 Å². The van der Waals surface area contributed by atoms with Gasteiger partial charge in [0, 0.05) is 39.1 Å². The number of nitrogens with one attached hydrogen (secondary N) is 1. The zero-order valence-corrected chi connectivity index (χ0v) is 13.7. The van der Waals surface area contributed by atoms with Crippen LogP contribution in [0.25, 0.3) is 0 Å². The van der Waals surface area contributed by atoms with Gasteiger partial charge in [-0.1, -0.05) is 30.3 Å². The van der Waals surface area contributed by atoms with E-state index in [4.69, 9.17) is 0 Å². The maximum atomic E-state index is 12.8. The molecule has 0 bridgehead atoms. The van der Waals surface area contributed by atoms with Crippen LogP contribution in [0, 0.1) is 0 Å². The number of hydrogen-bond donors (Lipinski definition) is 1. The van der Waals surface area contributed by atoms with E-state index in [-0.39, 0.29) is 17.9 Å². The third-order valence-electron chi connectivity index (χ3n) is 4.63. The van der Waals surface area contributed by atoms with E-state index >= 15 is 0 Å². The number of carbonyl (C=O) groups excluding carboxylic acids is 2. The first-order valence-corrected chi connectivity index (χ1v) is 8.50. The quantitative estimate of drug-likeness (QED) is 0.917. The second-order valence-corrected chi connectivity index (χ2v) is 6.49. The predicted octanol–water partition coefficient (Wildman–Crippen LogP) is 1.56. The van der Waals surface area contributed by atoms with Crippen molar-refractivity contribution in [2.75, 3.05) is 26.2 Å². The van der Waals surface area contributed by atoms with Crippen molar-refractivity contribution in [3.05, 3.63) is 35.9 Å². The van der Waals surface area contributed by atoms with Crippen LogP contribution < -0.4 is 5.32 Å². The van der Waals surface area contributed by atoms with Crippen LogP contribution in [0.5, 0.6) is 0 Å². The first kappa shape index (κ1) is 16.0. The van der Waals surface area contributed by atoms with Crippen LogP contribution in [0.3, 0.4) is 0 Å². The molecule has 0 spiro atoms. The lowest BCUT2D eigenvalue weighted by Crippen LogP contribution is -2.43. The standard InChI is InChI=1S/C18H25N3O2/c1-14(22)20-10-5-11-21(13-12-20)17(15-6-3-2-4-7-15)18(23)19-16-8-9-16/h2-4,6-7,16-17H,5,8-13H2,1H3,(H,19,23)/t17-/m0/s1. The zero-order chi connectivity index (χ0) is 16.2. The molecule has 1 aliphatic heterocycles. The van der Waals surface area contributed by atoms with Gasteiger partial charge in [0.25, 0.3) is 0 Å². The topological polar surface area (TPSA) is 52.7 Å². The lowest BCUT2D eigenvalue weighted by Gasteiger charge is -2.30. The Kier molecular flexibility index (Phi) is 4.96. The molecular formula is C18H25N3O2. The second kappa shape index (κ2) is 7.13. The summed E-state index contributed by atoms with van der Waals surface area (Å²) in [7, 11) is 0. The smallest absolute Gasteiger partial charge is 0.242 e. The zero-order valence-electron chi connectivity index (χ0n) is 13.7. The molecule has 1 aromatic rings. The predicted molar refractivity (Wildman–Crippen MR) is 88.8 cm³/mol. The molecule has 0 unspecified atom stereocenters. The fourth-order valence-electron chi connectivity index (χ4n) is 3.18. The van der Waals surface area contributed by atoms with Gasteiger partial charge < -0.3 is 10.2 Å². The van der Waals surface area contributed by atoms with Crippen molar-refractivity contribution >= 4 is 11.8 Å². The highest BCUT2D eigenvalue weighted by Gasteiger charge is 2.33. The van der Waals surface area contributed by atoms with E-state index in [1.165, 1.54) is 0 Å². The Morgan fingerprint density at radius 2 is 1.83 bits per heavy atom. The Morgan fingerprint density at radius 1 is 1.09 bits per heavy atom. The fourth-order valence-corrected chi connectivity index (χ4v) is 3.18. The van der Waals surface area contributed by atoms with Crippen LogP contribution in [-0.4, -0.2) is 53.8 Å². The van der Waals surface area contributed by atoms with Gasteiger partial charge in [0.1, 0.15) is 6.04 Å². The van der Waals surface area contributed by atoms with Gasteiger partial charge in [0.15, 0.2) is 0 Å². The van der Waals surface area contributed by atoms with E-state index in [0.717, 1.165) is 44.5 Å². The highest BCUT2D eigenvalue weighted by molar-refractivity contribution is 5.83. The molecule has 1 aliphatic carbocycles. The van der Waals surface area contributed by atoms with E-state index in [1.807, 2.05) is 35.2 Å². The van der Waals surface area contributed by atoms with Gasteiger partial charge in [-0.05, 0) is 24.8 Å². The average Bonchev–Trinajstić information content (AvgIpc) is 3.36. The molecule has 5 nitrogen and oxygen atoms in total. The fraction of sp³-hybridized carbons (Fsp3) is 0.556. The molecule has 124 valence electrons. The highest BCUT2D eigenvalue weighted by atomic mass is 16.2. The van der Waals surface area contributed by atoms with Gasteiger partial charge in [0.05, 0.1) is 0 Å². The Balaban J connectivity index is 1.77. The lowest BCUT2D eigenvalue weighted by molar-refractivity contribution is -0.128. The lowest BCUT2D eigenvalue weighted by atomic mass is 10.0. The van der Waals surface area contributed by atoms with E-state index in [1.54, 1.807) is 6.92 Å². The van der Waals surface area contributed by atoms with Crippen molar-refractivity contribution in [3.63, 3.8) is 0 Å². The number of carbonyl (C=O) groups is 2. The molecule has 3 rings (SSSR count). The largest absolute Gasteiger partial charge is 0.352 e. The number of nitrogens with zero attached hydrogens (tertiary/aromatic N) is 2. The highest BCUT2D eigenvalue weighted by Crippen LogP contribution is 2.25. The van der Waals surface area contributed by atoms with Crippen LogP contribution in [0.4, 0.5) is 0 Å². The number of hydrogen-bond acceptors (Lipinski definition) is 3. The van der Waals surface area contributed by atoms with Gasteiger partial charge in [-0.25, -0.2) is 0 Å². The maximum Gasteiger partial charge on any atom is 0.242 e. The van der Waals surface area contributed by atoms with Gasteiger partial charge in [-0.3, -0.25) is 14.5 Å². The average molecular weight is 315 g/mol. The monoisotopic (exact) mass is 315 g/mol. The van der Waals surface area contributed by atoms with Crippen molar-refractivity contribution in [3.8, 4) is 0 Å². The molecule has 1 atom stereocenters. The Morgan fingerprint density at radius 3 is 2.48 bits per heavy atom. The summed E-state index contributed by atoms with van der Waals surface area (Å²) in [6.45, 7) is 4.65. The summed E-state index contributed by atoms with van der Waals surface area (Å²) in [6.07, 6.45) is 3.08. The van der Waals surface area contributed by atoms with Crippen LogP contribution in [0.2, 0.25) is 0 Å². The van der Waals surface area contributed by atoms with Crippen molar-refractivity contribution in [1.82, 2.24) is 15.1 Å². The summed E-state index contributed by atoms with van der Waals surface area (Å²) in [5.74, 6) is 0.209. The molecule has 1 saturated heterocycles. The summed E-state index contributed by atoms with van der Waals surface area (Å²) in [5.41, 5.74) is 1.03. The molecule has 0 radical (unpaired) electrons. The summed E-state index contributed by atoms with van der Waals surface area (Å²) in [6, 6.07) is 10.1. The Bertz CT molecular complexity index is 557. The summed E-state index contributed by atoms with van der Waals surface area (Å²) in [4.78, 5) is 28.5. The third-order valence-corrected chi connectivity index (χ3v) is 4.63. The summed E-state index contributed by atoms with van der Waals surface area (Å²) in [5, 5.41) is 3.14. The Labute approximate surface area is 137 Å². The van der Waals surface area contributed by atoms with Crippen molar-refractivity contribution in [2.45, 2.75) is 38.3 Å². The molecule has 1 saturated carbocycles. The van der Waals surface area contributed by atoms with Crippen molar-refractivity contribution < 1.29 is 9.59 Å². The van der Waals surface area contributed by atoms with Gasteiger partial charge in [-0.15, -0.1) is 0 Å². The van der Waals surface area contributed by atoms with Gasteiger partial charge in [-0.2, -0.15) is 0 Å². The van der Waals surface area contributed by atoms with Crippen molar-refractivity contribution in [2.24, 2.45) is 0 Å². The maximum absolute atomic E-state index is 12.8. The molecule has 0 aromatic heterocycles. The molecule has 1 aromatic carbocycles. The molecule has 1 N–H and O–H groups in total. The molecule has 5 heteroatoms. The SMILES string of the molecule is CC(=O)N1CCCN([C@H](C(=O)NC2CC2)c2ccccc2)CC1. The van der Waals surface area contributed by atoms with E-state index in [2.05, 4.69) is 10.2 Å².